The Hall–Kier alpha value is -0.970. The molecule has 0 aliphatic rings. The Kier molecular flexibility index (Phi) is 4.32. The normalized spacial score (nSPS) is 10.9. The van der Waals surface area contributed by atoms with Crippen molar-refractivity contribution in [2.45, 2.75) is 24.1 Å². The van der Waals surface area contributed by atoms with Crippen LogP contribution < -0.4 is 5.73 Å². The molecule has 2 rings (SSSR count). The molecule has 0 aliphatic carbocycles. The third kappa shape index (κ3) is 2.88. The summed E-state index contributed by atoms with van der Waals surface area (Å²) in [6, 6.07) is 8.26. The van der Waals surface area contributed by atoms with E-state index in [0.29, 0.717) is 6.54 Å². The van der Waals surface area contributed by atoms with Crippen molar-refractivity contribution in [1.29, 1.82) is 0 Å². The molecular formula is C13H16ClN3S. The Bertz CT molecular complexity index is 551. The molecule has 5 heteroatoms. The molecule has 0 saturated heterocycles. The predicted octanol–water partition coefficient (Wildman–Crippen LogP) is 3.13. The molecule has 18 heavy (non-hydrogen) atoms. The van der Waals surface area contributed by atoms with E-state index in [-0.39, 0.29) is 0 Å². The van der Waals surface area contributed by atoms with Crippen LogP contribution in [0.4, 0.5) is 0 Å². The molecule has 1 heterocycles. The van der Waals surface area contributed by atoms with Gasteiger partial charge in [-0.05, 0) is 24.6 Å². The first-order chi connectivity index (χ1) is 8.61. The number of thioether (sulfide) groups is 1. The third-order valence-electron chi connectivity index (χ3n) is 2.77. The second-order valence-corrected chi connectivity index (χ2v) is 5.54. The molecule has 1 aromatic heterocycles. The van der Waals surface area contributed by atoms with Crippen LogP contribution in [0.15, 0.2) is 29.2 Å². The van der Waals surface area contributed by atoms with E-state index < -0.39 is 0 Å². The van der Waals surface area contributed by atoms with Crippen LogP contribution in [0.3, 0.4) is 0 Å². The van der Waals surface area contributed by atoms with E-state index in [4.69, 9.17) is 17.3 Å². The number of hydrogen-bond acceptors (Lipinski definition) is 3. The second-order valence-electron chi connectivity index (χ2n) is 4.11. The number of aryl methyl sites for hydroxylation is 2. The fourth-order valence-corrected chi connectivity index (χ4v) is 3.10. The number of nitrogens with zero attached hydrogens (tertiary/aromatic N) is 2. The van der Waals surface area contributed by atoms with Gasteiger partial charge >= 0.3 is 0 Å². The fourth-order valence-electron chi connectivity index (χ4n) is 1.75. The highest BCUT2D eigenvalue weighted by Crippen LogP contribution is 2.28. The number of benzene rings is 1. The molecule has 0 saturated carbocycles. The highest BCUT2D eigenvalue weighted by Gasteiger charge is 2.11. The van der Waals surface area contributed by atoms with Crippen LogP contribution in [0.2, 0.25) is 5.02 Å². The second kappa shape index (κ2) is 5.78. The van der Waals surface area contributed by atoms with E-state index in [1.807, 2.05) is 30.8 Å². The van der Waals surface area contributed by atoms with Crippen LogP contribution in [0.1, 0.15) is 17.0 Å². The highest BCUT2D eigenvalue weighted by atomic mass is 35.5. The van der Waals surface area contributed by atoms with Crippen LogP contribution in [0.25, 0.3) is 0 Å². The van der Waals surface area contributed by atoms with Crippen molar-refractivity contribution >= 4 is 23.4 Å². The Morgan fingerprint density at radius 3 is 2.83 bits per heavy atom. The van der Waals surface area contributed by atoms with E-state index in [1.165, 1.54) is 4.90 Å². The Balaban J connectivity index is 2.11. The molecule has 3 nitrogen and oxygen atoms in total. The number of aromatic nitrogens is 2. The van der Waals surface area contributed by atoms with Gasteiger partial charge in [0.15, 0.2) is 0 Å². The zero-order valence-electron chi connectivity index (χ0n) is 10.5. The lowest BCUT2D eigenvalue weighted by Crippen LogP contribution is -1.97. The van der Waals surface area contributed by atoms with Gasteiger partial charge in [0.25, 0.3) is 0 Å². The molecule has 1 aromatic carbocycles. The number of nitrogens with two attached hydrogens (primary N) is 1. The summed E-state index contributed by atoms with van der Waals surface area (Å²) in [4.78, 5) is 1.20. The molecular weight excluding hydrogens is 266 g/mol. The van der Waals surface area contributed by atoms with E-state index in [1.54, 1.807) is 11.8 Å². The van der Waals surface area contributed by atoms with Gasteiger partial charge in [-0.2, -0.15) is 5.10 Å². The first-order valence-corrected chi connectivity index (χ1v) is 7.08. The zero-order chi connectivity index (χ0) is 13.1. The van der Waals surface area contributed by atoms with Gasteiger partial charge in [-0.15, -0.1) is 11.8 Å². The van der Waals surface area contributed by atoms with Crippen molar-refractivity contribution < 1.29 is 0 Å². The van der Waals surface area contributed by atoms with Gasteiger partial charge in [-0.1, -0.05) is 23.7 Å². The van der Waals surface area contributed by atoms with Crippen molar-refractivity contribution in [2.75, 3.05) is 0 Å². The average molecular weight is 282 g/mol. The lowest BCUT2D eigenvalue weighted by Gasteiger charge is -2.05. The predicted molar refractivity (Wildman–Crippen MR) is 76.8 cm³/mol. The minimum Gasteiger partial charge on any atom is -0.326 e. The monoisotopic (exact) mass is 281 g/mol. The summed E-state index contributed by atoms with van der Waals surface area (Å²) in [5.41, 5.74) is 8.71. The molecule has 2 N–H and O–H groups in total. The smallest absolute Gasteiger partial charge is 0.0855 e. The van der Waals surface area contributed by atoms with Crippen LogP contribution in [-0.4, -0.2) is 9.78 Å². The van der Waals surface area contributed by atoms with Gasteiger partial charge in [-0.3, -0.25) is 4.68 Å². The van der Waals surface area contributed by atoms with Crippen LogP contribution in [0, 0.1) is 6.92 Å². The van der Waals surface area contributed by atoms with Gasteiger partial charge in [0.1, 0.15) is 0 Å². The van der Waals surface area contributed by atoms with Gasteiger partial charge < -0.3 is 5.73 Å². The lowest BCUT2D eigenvalue weighted by atomic mass is 10.2. The Morgan fingerprint density at radius 1 is 1.44 bits per heavy atom. The summed E-state index contributed by atoms with van der Waals surface area (Å²) in [7, 11) is 1.92. The molecule has 0 aliphatic heterocycles. The molecule has 0 fully saturated rings. The van der Waals surface area contributed by atoms with Gasteiger partial charge in [-0.25, -0.2) is 0 Å². The number of hydrogen-bond donors (Lipinski definition) is 1. The van der Waals surface area contributed by atoms with Gasteiger partial charge in [0.2, 0.25) is 0 Å². The molecule has 0 amide bonds. The first-order valence-electron chi connectivity index (χ1n) is 5.71. The minimum atomic E-state index is 0.569. The largest absolute Gasteiger partial charge is 0.326 e. The summed E-state index contributed by atoms with van der Waals surface area (Å²) in [5, 5.41) is 5.07. The molecule has 0 radical (unpaired) electrons. The topological polar surface area (TPSA) is 43.8 Å². The van der Waals surface area contributed by atoms with Crippen molar-refractivity contribution in [3.63, 3.8) is 0 Å². The summed E-state index contributed by atoms with van der Waals surface area (Å²) in [6.45, 7) is 2.49. The van der Waals surface area contributed by atoms with E-state index in [2.05, 4.69) is 17.2 Å². The molecule has 96 valence electrons. The number of rotatable bonds is 4. The molecule has 2 aromatic rings. The standard InChI is InChI=1S/C13H16ClN3S/c1-9-13(14)12(17(2)16-9)8-18-11-5-3-4-10(6-11)7-15/h3-6H,7-8,15H2,1-2H3. The van der Waals surface area contributed by atoms with Crippen LogP contribution >= 0.6 is 23.4 Å². The van der Waals surface area contributed by atoms with Crippen LogP contribution in [0.5, 0.6) is 0 Å². The summed E-state index contributed by atoms with van der Waals surface area (Å²) in [6.07, 6.45) is 0. The van der Waals surface area contributed by atoms with E-state index in [9.17, 15) is 0 Å². The lowest BCUT2D eigenvalue weighted by molar-refractivity contribution is 0.727. The minimum absolute atomic E-state index is 0.569. The maximum atomic E-state index is 6.22. The maximum absolute atomic E-state index is 6.22. The number of halogens is 1. The summed E-state index contributed by atoms with van der Waals surface area (Å²) < 4.78 is 1.84. The zero-order valence-corrected chi connectivity index (χ0v) is 12.1. The quantitative estimate of drug-likeness (QED) is 0.876. The summed E-state index contributed by atoms with van der Waals surface area (Å²) in [5.74, 6) is 0.810. The highest BCUT2D eigenvalue weighted by molar-refractivity contribution is 7.98. The fraction of sp³-hybridized carbons (Fsp3) is 0.308. The van der Waals surface area contributed by atoms with Crippen LogP contribution in [-0.2, 0) is 19.3 Å². The van der Waals surface area contributed by atoms with Crippen molar-refractivity contribution in [3.05, 3.63) is 46.2 Å². The summed E-state index contributed by atoms with van der Waals surface area (Å²) >= 11 is 7.97. The molecule has 0 unspecified atom stereocenters. The maximum Gasteiger partial charge on any atom is 0.0855 e. The van der Waals surface area contributed by atoms with Crippen molar-refractivity contribution in [1.82, 2.24) is 9.78 Å². The van der Waals surface area contributed by atoms with Crippen molar-refractivity contribution in [3.8, 4) is 0 Å². The van der Waals surface area contributed by atoms with Gasteiger partial charge in [0.05, 0.1) is 16.4 Å². The Morgan fingerprint density at radius 2 is 2.22 bits per heavy atom. The Labute approximate surface area is 116 Å². The molecule has 0 atom stereocenters. The molecule has 0 spiro atoms. The molecule has 0 bridgehead atoms. The SMILES string of the molecule is Cc1nn(C)c(CSc2cccc(CN)c2)c1Cl. The van der Waals surface area contributed by atoms with E-state index >= 15 is 0 Å². The van der Waals surface area contributed by atoms with Crippen molar-refractivity contribution in [2.24, 2.45) is 12.8 Å². The first kappa shape index (κ1) is 13.5. The average Bonchev–Trinajstić information content (AvgIpc) is 2.61. The van der Waals surface area contributed by atoms with Gasteiger partial charge in [0, 0.05) is 24.2 Å². The third-order valence-corrected chi connectivity index (χ3v) is 4.27. The van der Waals surface area contributed by atoms with E-state index in [0.717, 1.165) is 27.7 Å².